The van der Waals surface area contributed by atoms with Crippen LogP contribution in [0, 0.1) is 0 Å². The maximum atomic E-state index is 12.3. The molecule has 0 aromatic rings. The maximum Gasteiger partial charge on any atom is 0.284 e. The number of nitrogens with one attached hydrogen (secondary N) is 1. The minimum atomic E-state index is -3.82. The van der Waals surface area contributed by atoms with E-state index in [1.807, 2.05) is 19.0 Å². The average molecular weight is 383 g/mol. The number of hydrogen-bond donors (Lipinski definition) is 1. The van der Waals surface area contributed by atoms with Crippen LogP contribution in [-0.4, -0.2) is 89.8 Å². The zero-order chi connectivity index (χ0) is 18.0. The zero-order valence-electron chi connectivity index (χ0n) is 14.6. The van der Waals surface area contributed by atoms with Gasteiger partial charge in [0.05, 0.1) is 0 Å². The summed E-state index contributed by atoms with van der Waals surface area (Å²) in [4.78, 5) is 4.26. The molecule has 0 amide bonds. The molecule has 1 aliphatic heterocycles. The number of hydrogen-bond acceptors (Lipinski definition) is 6. The molecule has 0 bridgehead atoms. The molecular weight excluding hydrogens is 352 g/mol. The van der Waals surface area contributed by atoms with Gasteiger partial charge in [0.25, 0.3) is 10.2 Å². The number of rotatable bonds is 11. The fourth-order valence-electron chi connectivity index (χ4n) is 2.64. The van der Waals surface area contributed by atoms with Gasteiger partial charge in [-0.1, -0.05) is 6.42 Å². The standard InChI is InChI=1S/C14H30N4O4S2/c1-16(2)9-7-13-18(14-23(19)20)24(21,22)15-8-6-12-17-10-4-3-5-11-17/h14-15H,3-13H2,1-2H3. The molecule has 8 nitrogen and oxygen atoms in total. The van der Waals surface area contributed by atoms with Gasteiger partial charge < -0.3 is 9.80 Å². The topological polar surface area (TPSA) is 90.0 Å². The summed E-state index contributed by atoms with van der Waals surface area (Å²) in [5.41, 5.74) is 0.725. The Bertz CT molecular complexity index is 576. The molecule has 10 heteroatoms. The van der Waals surface area contributed by atoms with E-state index in [1.165, 1.54) is 19.3 Å². The Labute approximate surface area is 147 Å². The van der Waals surface area contributed by atoms with Crippen molar-refractivity contribution in [3.63, 3.8) is 0 Å². The van der Waals surface area contributed by atoms with Gasteiger partial charge in [0.1, 0.15) is 5.49 Å². The largest absolute Gasteiger partial charge is 0.309 e. The van der Waals surface area contributed by atoms with Crippen molar-refractivity contribution in [2.75, 3.05) is 53.4 Å². The van der Waals surface area contributed by atoms with Gasteiger partial charge in [-0.05, 0) is 66.0 Å². The molecule has 0 radical (unpaired) electrons. The lowest BCUT2D eigenvalue weighted by Crippen LogP contribution is -2.42. The molecule has 24 heavy (non-hydrogen) atoms. The van der Waals surface area contributed by atoms with Crippen molar-refractivity contribution in [2.45, 2.75) is 32.1 Å². The minimum Gasteiger partial charge on any atom is -0.309 e. The number of nitrogens with zero attached hydrogens (tertiary/aromatic N) is 3. The van der Waals surface area contributed by atoms with Gasteiger partial charge in [0.15, 0.2) is 0 Å². The van der Waals surface area contributed by atoms with Gasteiger partial charge >= 0.3 is 0 Å². The molecular formula is C14H30N4O4S2. The Morgan fingerprint density at radius 3 is 2.33 bits per heavy atom. The summed E-state index contributed by atoms with van der Waals surface area (Å²) >= 11 is 0. The minimum absolute atomic E-state index is 0.133. The fraction of sp³-hybridized carbons (Fsp3) is 0.929. The van der Waals surface area contributed by atoms with Crippen LogP contribution in [0.25, 0.3) is 0 Å². The molecule has 0 atom stereocenters. The first-order chi connectivity index (χ1) is 11.3. The van der Waals surface area contributed by atoms with Gasteiger partial charge in [-0.25, -0.2) is 4.72 Å². The molecule has 0 aromatic carbocycles. The summed E-state index contributed by atoms with van der Waals surface area (Å²) in [6, 6.07) is 0. The monoisotopic (exact) mass is 382 g/mol. The first-order valence-electron chi connectivity index (χ1n) is 8.38. The van der Waals surface area contributed by atoms with Crippen LogP contribution in [0.3, 0.4) is 0 Å². The second kappa shape index (κ2) is 11.2. The van der Waals surface area contributed by atoms with Crippen LogP contribution in [-0.2, 0) is 20.5 Å². The molecule has 0 spiro atoms. The average Bonchev–Trinajstić information content (AvgIpc) is 2.51. The maximum absolute atomic E-state index is 12.3. The van der Waals surface area contributed by atoms with Gasteiger partial charge in [-0.15, -0.1) is 0 Å². The predicted molar refractivity (Wildman–Crippen MR) is 96.7 cm³/mol. The van der Waals surface area contributed by atoms with E-state index in [4.69, 9.17) is 0 Å². The van der Waals surface area contributed by atoms with E-state index in [0.29, 0.717) is 25.9 Å². The lowest BCUT2D eigenvalue weighted by Gasteiger charge is -2.26. The van der Waals surface area contributed by atoms with Gasteiger partial charge in [0.2, 0.25) is 10.3 Å². The molecule has 0 saturated carbocycles. The molecule has 0 aromatic heterocycles. The molecule has 1 saturated heterocycles. The Hall–Kier alpha value is -0.520. The van der Waals surface area contributed by atoms with Gasteiger partial charge in [-0.2, -0.15) is 21.1 Å². The van der Waals surface area contributed by atoms with E-state index in [1.54, 1.807) is 0 Å². The fourth-order valence-corrected chi connectivity index (χ4v) is 4.54. The Kier molecular flexibility index (Phi) is 10.0. The second-order valence-electron chi connectivity index (χ2n) is 6.29. The van der Waals surface area contributed by atoms with Crippen LogP contribution in [0.15, 0.2) is 0 Å². The molecule has 1 N–H and O–H groups in total. The van der Waals surface area contributed by atoms with Crippen LogP contribution < -0.4 is 4.72 Å². The van der Waals surface area contributed by atoms with Crippen molar-refractivity contribution in [2.24, 2.45) is 0 Å². The highest BCUT2D eigenvalue weighted by Gasteiger charge is 2.20. The SMILES string of the molecule is CN(C)CCCN(C=S(=O)=O)S(=O)(=O)NCCCN1CCCCC1. The van der Waals surface area contributed by atoms with Crippen molar-refractivity contribution in [1.29, 1.82) is 0 Å². The Morgan fingerprint density at radius 2 is 1.75 bits per heavy atom. The van der Waals surface area contributed by atoms with Crippen molar-refractivity contribution in [1.82, 2.24) is 18.8 Å². The third-order valence-electron chi connectivity index (χ3n) is 3.88. The lowest BCUT2D eigenvalue weighted by atomic mass is 10.1. The van der Waals surface area contributed by atoms with Crippen molar-refractivity contribution in [3.05, 3.63) is 0 Å². The lowest BCUT2D eigenvalue weighted by molar-refractivity contribution is 0.227. The molecule has 0 aliphatic carbocycles. The van der Waals surface area contributed by atoms with E-state index >= 15 is 0 Å². The smallest absolute Gasteiger partial charge is 0.284 e. The van der Waals surface area contributed by atoms with E-state index in [9.17, 15) is 16.8 Å². The van der Waals surface area contributed by atoms with Crippen LogP contribution in [0.2, 0.25) is 0 Å². The van der Waals surface area contributed by atoms with E-state index in [-0.39, 0.29) is 6.54 Å². The third-order valence-corrected chi connectivity index (χ3v) is 5.91. The van der Waals surface area contributed by atoms with E-state index in [0.717, 1.165) is 29.4 Å². The second-order valence-corrected chi connectivity index (χ2v) is 8.73. The molecule has 0 unspecified atom stereocenters. The normalized spacial score (nSPS) is 16.7. The van der Waals surface area contributed by atoms with Crippen molar-refractivity contribution in [3.8, 4) is 0 Å². The zero-order valence-corrected chi connectivity index (χ0v) is 16.3. The summed E-state index contributed by atoms with van der Waals surface area (Å²) in [6.45, 7) is 4.13. The summed E-state index contributed by atoms with van der Waals surface area (Å²) in [5, 5.41) is 0. The molecule has 1 heterocycles. The summed E-state index contributed by atoms with van der Waals surface area (Å²) in [5.74, 6) is 0. The first-order valence-corrected chi connectivity index (χ1v) is 11.0. The third kappa shape index (κ3) is 9.09. The Morgan fingerprint density at radius 1 is 1.08 bits per heavy atom. The van der Waals surface area contributed by atoms with Crippen LogP contribution in [0.1, 0.15) is 32.1 Å². The van der Waals surface area contributed by atoms with E-state index in [2.05, 4.69) is 9.62 Å². The van der Waals surface area contributed by atoms with Crippen LogP contribution >= 0.6 is 0 Å². The molecule has 1 rings (SSSR count). The van der Waals surface area contributed by atoms with Gasteiger partial charge in [0, 0.05) is 13.1 Å². The van der Waals surface area contributed by atoms with E-state index < -0.39 is 20.5 Å². The molecule has 142 valence electrons. The van der Waals surface area contributed by atoms with Crippen molar-refractivity contribution < 1.29 is 16.8 Å². The summed E-state index contributed by atoms with van der Waals surface area (Å²) < 4.78 is 49.7. The summed E-state index contributed by atoms with van der Waals surface area (Å²) in [6.07, 6.45) is 4.94. The molecule has 1 fully saturated rings. The van der Waals surface area contributed by atoms with Crippen molar-refractivity contribution >= 4 is 26.0 Å². The molecule has 1 aliphatic rings. The van der Waals surface area contributed by atoms with Crippen LogP contribution in [0.4, 0.5) is 0 Å². The first kappa shape index (κ1) is 21.5. The highest BCUT2D eigenvalue weighted by Crippen LogP contribution is 2.08. The number of piperidine rings is 1. The highest BCUT2D eigenvalue weighted by atomic mass is 32.2. The quantitative estimate of drug-likeness (QED) is 0.386. The Balaban J connectivity index is 2.45. The highest BCUT2D eigenvalue weighted by molar-refractivity contribution is 7.88. The summed E-state index contributed by atoms with van der Waals surface area (Å²) in [7, 11) is -2.61. The van der Waals surface area contributed by atoms with Crippen LogP contribution in [0.5, 0.6) is 0 Å². The number of likely N-dealkylation sites (tertiary alicyclic amines) is 1. The van der Waals surface area contributed by atoms with Gasteiger partial charge in [-0.3, -0.25) is 0 Å². The predicted octanol–water partition coefficient (Wildman–Crippen LogP) is -0.411.